The monoisotopic (exact) mass is 242 g/mol. The molecule has 0 amide bonds. The van der Waals surface area contributed by atoms with Crippen LogP contribution in [0.15, 0.2) is 24.3 Å². The lowest BCUT2D eigenvalue weighted by Crippen LogP contribution is -2.43. The minimum Gasteiger partial charge on any atom is -0.323 e. The van der Waals surface area contributed by atoms with E-state index in [1.165, 1.54) is 49.8 Å². The highest BCUT2D eigenvalue weighted by Gasteiger charge is 2.42. The van der Waals surface area contributed by atoms with Gasteiger partial charge in [-0.1, -0.05) is 24.3 Å². The summed E-state index contributed by atoms with van der Waals surface area (Å²) in [6.07, 6.45) is 6.84. The largest absolute Gasteiger partial charge is 0.323 e. The zero-order valence-corrected chi connectivity index (χ0v) is 10.9. The Morgan fingerprint density at radius 1 is 1.11 bits per heavy atom. The molecule has 0 bridgehead atoms. The fourth-order valence-corrected chi connectivity index (χ4v) is 3.49. The van der Waals surface area contributed by atoms with Crippen molar-refractivity contribution in [2.24, 2.45) is 11.7 Å². The van der Waals surface area contributed by atoms with E-state index < -0.39 is 0 Å². The maximum atomic E-state index is 6.51. The predicted molar refractivity (Wildman–Crippen MR) is 73.3 cm³/mol. The van der Waals surface area contributed by atoms with E-state index in [1.807, 2.05) is 0 Å². The van der Waals surface area contributed by atoms with Crippen LogP contribution in [0, 0.1) is 5.92 Å². The van der Waals surface area contributed by atoms with Crippen LogP contribution in [0.1, 0.15) is 42.9 Å². The molecule has 2 nitrogen and oxygen atoms in total. The molecule has 1 aromatic carbocycles. The van der Waals surface area contributed by atoms with Crippen LogP contribution < -0.4 is 5.73 Å². The van der Waals surface area contributed by atoms with E-state index in [4.69, 9.17) is 5.73 Å². The SMILES string of the molecule is NC1c2ccccc2CC1N(CC1CC1)C1CC1. The molecule has 96 valence electrons. The van der Waals surface area contributed by atoms with Crippen LogP contribution in [-0.4, -0.2) is 23.5 Å². The van der Waals surface area contributed by atoms with Gasteiger partial charge in [-0.15, -0.1) is 0 Å². The highest BCUT2D eigenvalue weighted by molar-refractivity contribution is 5.37. The first-order valence-corrected chi connectivity index (χ1v) is 7.42. The molecule has 0 aromatic heterocycles. The first kappa shape index (κ1) is 11.0. The molecule has 2 saturated carbocycles. The third kappa shape index (κ3) is 1.88. The first-order chi connectivity index (χ1) is 8.83. The fraction of sp³-hybridized carbons (Fsp3) is 0.625. The molecule has 2 atom stereocenters. The normalized spacial score (nSPS) is 30.8. The second kappa shape index (κ2) is 4.07. The molecule has 2 heteroatoms. The molecule has 2 fully saturated rings. The average molecular weight is 242 g/mol. The van der Waals surface area contributed by atoms with Gasteiger partial charge in [0, 0.05) is 24.7 Å². The Bertz CT molecular complexity index is 448. The molecule has 4 rings (SSSR count). The van der Waals surface area contributed by atoms with Gasteiger partial charge in [0.1, 0.15) is 0 Å². The predicted octanol–water partition coefficient (Wildman–Crippen LogP) is 2.49. The number of rotatable bonds is 4. The second-order valence-electron chi connectivity index (χ2n) is 6.37. The number of nitrogens with two attached hydrogens (primary N) is 1. The van der Waals surface area contributed by atoms with Crippen molar-refractivity contribution in [1.82, 2.24) is 4.90 Å². The second-order valence-corrected chi connectivity index (χ2v) is 6.37. The number of fused-ring (bicyclic) bond motifs is 1. The van der Waals surface area contributed by atoms with E-state index in [0.717, 1.165) is 12.0 Å². The third-order valence-electron chi connectivity index (χ3n) is 4.87. The molecular weight excluding hydrogens is 220 g/mol. The Kier molecular flexibility index (Phi) is 2.49. The Hall–Kier alpha value is -0.860. The molecule has 1 aromatic rings. The summed E-state index contributed by atoms with van der Waals surface area (Å²) >= 11 is 0. The molecule has 3 aliphatic rings. The number of hydrogen-bond acceptors (Lipinski definition) is 2. The molecule has 0 radical (unpaired) electrons. The van der Waals surface area contributed by atoms with Gasteiger partial charge in [-0.05, 0) is 49.1 Å². The maximum absolute atomic E-state index is 6.51. The van der Waals surface area contributed by atoms with Crippen LogP contribution in [0.4, 0.5) is 0 Å². The van der Waals surface area contributed by atoms with Crippen LogP contribution in [0.2, 0.25) is 0 Å². The van der Waals surface area contributed by atoms with E-state index >= 15 is 0 Å². The number of nitrogens with zero attached hydrogens (tertiary/aromatic N) is 1. The Morgan fingerprint density at radius 2 is 1.89 bits per heavy atom. The van der Waals surface area contributed by atoms with E-state index in [2.05, 4.69) is 29.2 Å². The minimum absolute atomic E-state index is 0.237. The molecular formula is C16H22N2. The summed E-state index contributed by atoms with van der Waals surface area (Å²) in [5.41, 5.74) is 9.39. The lowest BCUT2D eigenvalue weighted by Gasteiger charge is -2.32. The van der Waals surface area contributed by atoms with Crippen molar-refractivity contribution in [3.63, 3.8) is 0 Å². The third-order valence-corrected chi connectivity index (χ3v) is 4.87. The molecule has 2 unspecified atom stereocenters. The fourth-order valence-electron chi connectivity index (χ4n) is 3.49. The van der Waals surface area contributed by atoms with Crippen LogP contribution in [0.3, 0.4) is 0 Å². The Balaban J connectivity index is 1.57. The summed E-state index contributed by atoms with van der Waals surface area (Å²) in [6, 6.07) is 10.4. The summed E-state index contributed by atoms with van der Waals surface area (Å²) < 4.78 is 0. The van der Waals surface area contributed by atoms with Gasteiger partial charge >= 0.3 is 0 Å². The van der Waals surface area contributed by atoms with Gasteiger partial charge in [0.15, 0.2) is 0 Å². The Morgan fingerprint density at radius 3 is 2.56 bits per heavy atom. The minimum atomic E-state index is 0.237. The first-order valence-electron chi connectivity index (χ1n) is 7.42. The summed E-state index contributed by atoms with van der Waals surface area (Å²) in [4.78, 5) is 2.75. The lowest BCUT2D eigenvalue weighted by molar-refractivity contribution is 0.162. The van der Waals surface area contributed by atoms with Gasteiger partial charge in [-0.2, -0.15) is 0 Å². The number of hydrogen-bond donors (Lipinski definition) is 1. The highest BCUT2D eigenvalue weighted by Crippen LogP contribution is 2.41. The van der Waals surface area contributed by atoms with Crippen LogP contribution in [0.25, 0.3) is 0 Å². The summed E-state index contributed by atoms with van der Waals surface area (Å²) in [7, 11) is 0. The van der Waals surface area contributed by atoms with Crippen LogP contribution in [-0.2, 0) is 6.42 Å². The lowest BCUT2D eigenvalue weighted by atomic mass is 10.1. The van der Waals surface area contributed by atoms with Gasteiger partial charge in [-0.3, -0.25) is 4.90 Å². The van der Waals surface area contributed by atoms with Crippen molar-refractivity contribution in [2.45, 2.75) is 50.2 Å². The molecule has 0 saturated heterocycles. The maximum Gasteiger partial charge on any atom is 0.0459 e. The quantitative estimate of drug-likeness (QED) is 0.879. The molecule has 2 N–H and O–H groups in total. The molecule has 0 spiro atoms. The van der Waals surface area contributed by atoms with Crippen molar-refractivity contribution >= 4 is 0 Å². The van der Waals surface area contributed by atoms with E-state index in [9.17, 15) is 0 Å². The highest BCUT2D eigenvalue weighted by atomic mass is 15.2. The van der Waals surface area contributed by atoms with Crippen molar-refractivity contribution in [2.75, 3.05) is 6.54 Å². The summed E-state index contributed by atoms with van der Waals surface area (Å²) in [6.45, 7) is 1.30. The van der Waals surface area contributed by atoms with E-state index in [-0.39, 0.29) is 6.04 Å². The van der Waals surface area contributed by atoms with E-state index in [0.29, 0.717) is 6.04 Å². The van der Waals surface area contributed by atoms with Crippen molar-refractivity contribution < 1.29 is 0 Å². The zero-order valence-electron chi connectivity index (χ0n) is 10.9. The average Bonchev–Trinajstić information content (AvgIpc) is 3.26. The molecule has 0 heterocycles. The van der Waals surface area contributed by atoms with Gasteiger partial charge < -0.3 is 5.73 Å². The van der Waals surface area contributed by atoms with Gasteiger partial charge in [0.25, 0.3) is 0 Å². The van der Waals surface area contributed by atoms with E-state index in [1.54, 1.807) is 0 Å². The zero-order chi connectivity index (χ0) is 12.1. The number of benzene rings is 1. The summed E-state index contributed by atoms with van der Waals surface area (Å²) in [5.74, 6) is 0.974. The van der Waals surface area contributed by atoms with Crippen molar-refractivity contribution in [3.05, 3.63) is 35.4 Å². The molecule has 18 heavy (non-hydrogen) atoms. The Labute approximate surface area is 109 Å². The van der Waals surface area contributed by atoms with Crippen LogP contribution >= 0.6 is 0 Å². The smallest absolute Gasteiger partial charge is 0.0459 e. The molecule has 0 aliphatic heterocycles. The van der Waals surface area contributed by atoms with Crippen LogP contribution in [0.5, 0.6) is 0 Å². The van der Waals surface area contributed by atoms with Crippen molar-refractivity contribution in [3.8, 4) is 0 Å². The topological polar surface area (TPSA) is 29.3 Å². The molecule has 3 aliphatic carbocycles. The van der Waals surface area contributed by atoms with Gasteiger partial charge in [-0.25, -0.2) is 0 Å². The summed E-state index contributed by atoms with van der Waals surface area (Å²) in [5, 5.41) is 0. The van der Waals surface area contributed by atoms with Gasteiger partial charge in [0.05, 0.1) is 0 Å². The van der Waals surface area contributed by atoms with Crippen molar-refractivity contribution in [1.29, 1.82) is 0 Å². The van der Waals surface area contributed by atoms with Gasteiger partial charge in [0.2, 0.25) is 0 Å². The standard InChI is InChI=1S/C16H22N2/c17-16-14-4-2-1-3-12(14)9-15(16)18(13-7-8-13)10-11-5-6-11/h1-4,11,13,15-16H,5-10,17H2.